The largest absolute Gasteiger partial charge is 0.319 e. The maximum atomic E-state index is 3.46. The van der Waals surface area contributed by atoms with Crippen molar-refractivity contribution in [2.45, 2.75) is 25.7 Å². The van der Waals surface area contributed by atoms with E-state index in [1.54, 1.807) is 5.56 Å². The summed E-state index contributed by atoms with van der Waals surface area (Å²) >= 11 is 0. The van der Waals surface area contributed by atoms with E-state index in [2.05, 4.69) is 54.8 Å². The standard InChI is InChI=1S/C19H23N/c1-20-13-19(11-16-9-17(16)12-19)10-15-7-4-6-14-5-2-3-8-18(14)15/h2-8,16-17,20H,9-13H2,1H3. The molecule has 0 saturated heterocycles. The Morgan fingerprint density at radius 2 is 1.80 bits per heavy atom. The zero-order chi connectivity index (χ0) is 13.6. The average molecular weight is 265 g/mol. The van der Waals surface area contributed by atoms with Gasteiger partial charge in [-0.1, -0.05) is 42.5 Å². The van der Waals surface area contributed by atoms with E-state index in [-0.39, 0.29) is 0 Å². The monoisotopic (exact) mass is 265 g/mol. The molecule has 2 unspecified atom stereocenters. The molecule has 0 radical (unpaired) electrons. The van der Waals surface area contributed by atoms with Gasteiger partial charge in [0, 0.05) is 6.54 Å². The van der Waals surface area contributed by atoms with E-state index in [9.17, 15) is 0 Å². The van der Waals surface area contributed by atoms with Crippen LogP contribution in [0.2, 0.25) is 0 Å². The minimum Gasteiger partial charge on any atom is -0.319 e. The van der Waals surface area contributed by atoms with Crippen LogP contribution in [0.25, 0.3) is 10.8 Å². The molecule has 2 fully saturated rings. The van der Waals surface area contributed by atoms with E-state index in [0.717, 1.165) is 11.8 Å². The molecule has 0 amide bonds. The number of hydrogen-bond donors (Lipinski definition) is 1. The van der Waals surface area contributed by atoms with Crippen LogP contribution in [0.4, 0.5) is 0 Å². The first-order valence-corrected chi connectivity index (χ1v) is 7.91. The fourth-order valence-electron chi connectivity index (χ4n) is 4.58. The molecule has 104 valence electrons. The second-order valence-electron chi connectivity index (χ2n) is 7.01. The van der Waals surface area contributed by atoms with Crippen LogP contribution in [0.15, 0.2) is 42.5 Å². The lowest BCUT2D eigenvalue weighted by Gasteiger charge is -2.31. The SMILES string of the molecule is CNCC1(Cc2cccc3ccccc23)CC2CC2C1. The van der Waals surface area contributed by atoms with Gasteiger partial charge in [0.15, 0.2) is 0 Å². The quantitative estimate of drug-likeness (QED) is 0.880. The minimum atomic E-state index is 0.506. The predicted octanol–water partition coefficient (Wildman–Crippen LogP) is 4.02. The third-order valence-corrected chi connectivity index (χ3v) is 5.46. The zero-order valence-corrected chi connectivity index (χ0v) is 12.2. The topological polar surface area (TPSA) is 12.0 Å². The van der Waals surface area contributed by atoms with Gasteiger partial charge in [-0.15, -0.1) is 0 Å². The number of rotatable bonds is 4. The van der Waals surface area contributed by atoms with Gasteiger partial charge < -0.3 is 5.32 Å². The van der Waals surface area contributed by atoms with Gasteiger partial charge in [-0.3, -0.25) is 0 Å². The molecule has 0 heterocycles. The summed E-state index contributed by atoms with van der Waals surface area (Å²) in [5, 5.41) is 6.29. The second-order valence-corrected chi connectivity index (χ2v) is 7.01. The summed E-state index contributed by atoms with van der Waals surface area (Å²) in [5.41, 5.74) is 2.05. The number of fused-ring (bicyclic) bond motifs is 2. The first-order valence-electron chi connectivity index (χ1n) is 7.91. The summed E-state index contributed by atoms with van der Waals surface area (Å²) in [4.78, 5) is 0. The molecule has 2 atom stereocenters. The van der Waals surface area contributed by atoms with Crippen molar-refractivity contribution in [1.29, 1.82) is 0 Å². The van der Waals surface area contributed by atoms with Crippen LogP contribution in [0.1, 0.15) is 24.8 Å². The van der Waals surface area contributed by atoms with Gasteiger partial charge in [-0.25, -0.2) is 0 Å². The van der Waals surface area contributed by atoms with Crippen molar-refractivity contribution in [2.75, 3.05) is 13.6 Å². The van der Waals surface area contributed by atoms with Gasteiger partial charge in [0.05, 0.1) is 0 Å². The highest BCUT2D eigenvalue weighted by Gasteiger charge is 2.53. The normalized spacial score (nSPS) is 31.4. The van der Waals surface area contributed by atoms with Crippen molar-refractivity contribution >= 4 is 10.8 Å². The highest BCUT2D eigenvalue weighted by atomic mass is 14.8. The van der Waals surface area contributed by atoms with Gasteiger partial charge in [-0.2, -0.15) is 0 Å². The molecule has 1 N–H and O–H groups in total. The minimum absolute atomic E-state index is 0.506. The van der Waals surface area contributed by atoms with Crippen LogP contribution in [0.5, 0.6) is 0 Å². The molecule has 0 bridgehead atoms. The summed E-state index contributed by atoms with van der Waals surface area (Å²) in [5.74, 6) is 2.08. The first kappa shape index (κ1) is 12.4. The fraction of sp³-hybridized carbons (Fsp3) is 0.474. The van der Waals surface area contributed by atoms with E-state index in [4.69, 9.17) is 0 Å². The molecule has 1 heteroatoms. The Hall–Kier alpha value is -1.34. The lowest BCUT2D eigenvalue weighted by Crippen LogP contribution is -2.33. The molecule has 2 saturated carbocycles. The summed E-state index contributed by atoms with van der Waals surface area (Å²) in [6, 6.07) is 15.6. The second kappa shape index (κ2) is 4.60. The van der Waals surface area contributed by atoms with Crippen molar-refractivity contribution < 1.29 is 0 Å². The summed E-state index contributed by atoms with van der Waals surface area (Å²) < 4.78 is 0. The molecular weight excluding hydrogens is 242 g/mol. The summed E-state index contributed by atoms with van der Waals surface area (Å²) in [6.45, 7) is 1.17. The van der Waals surface area contributed by atoms with Crippen LogP contribution >= 0.6 is 0 Å². The Labute approximate surface area is 121 Å². The van der Waals surface area contributed by atoms with Crippen molar-refractivity contribution in [1.82, 2.24) is 5.32 Å². The Balaban J connectivity index is 1.69. The van der Waals surface area contributed by atoms with Gasteiger partial charge in [0.25, 0.3) is 0 Å². The molecule has 0 spiro atoms. The van der Waals surface area contributed by atoms with Crippen LogP contribution in [0.3, 0.4) is 0 Å². The van der Waals surface area contributed by atoms with Crippen LogP contribution in [-0.4, -0.2) is 13.6 Å². The van der Waals surface area contributed by atoms with Crippen LogP contribution in [0, 0.1) is 17.3 Å². The lowest BCUT2D eigenvalue weighted by molar-refractivity contribution is 0.256. The fourth-order valence-corrected chi connectivity index (χ4v) is 4.58. The first-order chi connectivity index (χ1) is 9.80. The third kappa shape index (κ3) is 2.05. The molecule has 4 rings (SSSR count). The Morgan fingerprint density at radius 1 is 1.05 bits per heavy atom. The van der Waals surface area contributed by atoms with E-state index < -0.39 is 0 Å². The van der Waals surface area contributed by atoms with Gasteiger partial charge in [-0.05, 0) is 66.3 Å². The van der Waals surface area contributed by atoms with Crippen molar-refractivity contribution in [3.8, 4) is 0 Å². The van der Waals surface area contributed by atoms with Crippen LogP contribution in [-0.2, 0) is 6.42 Å². The lowest BCUT2D eigenvalue weighted by atomic mass is 9.76. The van der Waals surface area contributed by atoms with E-state index in [1.165, 1.54) is 43.0 Å². The van der Waals surface area contributed by atoms with Gasteiger partial charge in [0.2, 0.25) is 0 Å². The third-order valence-electron chi connectivity index (χ3n) is 5.46. The molecule has 1 nitrogen and oxygen atoms in total. The summed E-state index contributed by atoms with van der Waals surface area (Å²) in [6.07, 6.45) is 5.60. The molecule has 2 aromatic carbocycles. The molecule has 2 aromatic rings. The zero-order valence-electron chi connectivity index (χ0n) is 12.2. The molecule has 0 aliphatic heterocycles. The average Bonchev–Trinajstić information content (AvgIpc) is 3.08. The highest BCUT2D eigenvalue weighted by Crippen LogP contribution is 2.60. The number of hydrogen-bond acceptors (Lipinski definition) is 1. The molecular formula is C19H23N. The Kier molecular flexibility index (Phi) is 2.85. The van der Waals surface area contributed by atoms with Gasteiger partial charge in [0.1, 0.15) is 0 Å². The van der Waals surface area contributed by atoms with E-state index in [0.29, 0.717) is 5.41 Å². The van der Waals surface area contributed by atoms with E-state index in [1.807, 2.05) is 0 Å². The molecule has 2 aliphatic rings. The van der Waals surface area contributed by atoms with Crippen molar-refractivity contribution in [3.63, 3.8) is 0 Å². The van der Waals surface area contributed by atoms with E-state index >= 15 is 0 Å². The maximum absolute atomic E-state index is 3.46. The smallest absolute Gasteiger partial charge is 0.000821 e. The van der Waals surface area contributed by atoms with Crippen molar-refractivity contribution in [2.24, 2.45) is 17.3 Å². The van der Waals surface area contributed by atoms with Gasteiger partial charge >= 0.3 is 0 Å². The number of benzene rings is 2. The molecule has 20 heavy (non-hydrogen) atoms. The Bertz CT molecular complexity index is 615. The Morgan fingerprint density at radius 3 is 2.60 bits per heavy atom. The molecule has 0 aromatic heterocycles. The van der Waals surface area contributed by atoms with Crippen molar-refractivity contribution in [3.05, 3.63) is 48.0 Å². The maximum Gasteiger partial charge on any atom is 0.000821 e. The number of nitrogens with one attached hydrogen (secondary N) is 1. The predicted molar refractivity (Wildman–Crippen MR) is 84.8 cm³/mol. The van der Waals surface area contributed by atoms with Crippen LogP contribution < -0.4 is 5.32 Å². The summed E-state index contributed by atoms with van der Waals surface area (Å²) in [7, 11) is 2.11. The highest BCUT2D eigenvalue weighted by molar-refractivity contribution is 5.85. The molecule has 2 aliphatic carbocycles.